The zero-order valence-electron chi connectivity index (χ0n) is 18.4. The third kappa shape index (κ3) is 7.55. The van der Waals surface area contributed by atoms with Crippen LogP contribution < -0.4 is 10.6 Å². The predicted molar refractivity (Wildman–Crippen MR) is 114 cm³/mol. The monoisotopic (exact) mass is 410 g/mol. The lowest BCUT2D eigenvalue weighted by atomic mass is 9.89. The maximum absolute atomic E-state index is 13.4. The van der Waals surface area contributed by atoms with Gasteiger partial charge >= 0.3 is 0 Å². The first-order valence-electron chi connectivity index (χ1n) is 10.5. The van der Waals surface area contributed by atoms with Crippen LogP contribution in [0.3, 0.4) is 0 Å². The van der Waals surface area contributed by atoms with Crippen molar-refractivity contribution in [3.05, 3.63) is 35.4 Å². The molecule has 29 heavy (non-hydrogen) atoms. The molecule has 2 N–H and O–H groups in total. The molecule has 0 radical (unpaired) electrons. The lowest BCUT2D eigenvalue weighted by molar-refractivity contribution is 0.0241. The second-order valence-corrected chi connectivity index (χ2v) is 8.75. The molecule has 2 rings (SSSR count). The van der Waals surface area contributed by atoms with E-state index in [1.807, 2.05) is 0 Å². The Morgan fingerprint density at radius 3 is 2.48 bits per heavy atom. The fourth-order valence-electron chi connectivity index (χ4n) is 3.52. The highest BCUT2D eigenvalue weighted by molar-refractivity contribution is 5.80. The molecule has 0 spiro atoms. The Labute approximate surface area is 173 Å². The summed E-state index contributed by atoms with van der Waals surface area (Å²) >= 11 is 0. The first kappa shape index (κ1) is 23.5. The van der Waals surface area contributed by atoms with E-state index in [9.17, 15) is 8.78 Å². The number of piperidine rings is 1. The second-order valence-electron chi connectivity index (χ2n) is 8.75. The summed E-state index contributed by atoms with van der Waals surface area (Å²) in [5, 5.41) is 6.85. The number of rotatable bonds is 7. The van der Waals surface area contributed by atoms with Crippen LogP contribution in [0.1, 0.15) is 46.1 Å². The number of likely N-dealkylation sites (tertiary alicyclic amines) is 1. The van der Waals surface area contributed by atoms with Crippen molar-refractivity contribution in [2.75, 3.05) is 33.3 Å². The Hall–Kier alpha value is -1.73. The highest BCUT2D eigenvalue weighted by Crippen LogP contribution is 2.22. The van der Waals surface area contributed by atoms with Gasteiger partial charge in [0.05, 0.1) is 12.6 Å². The van der Waals surface area contributed by atoms with Gasteiger partial charge in [0.1, 0.15) is 0 Å². The number of hydrogen-bond donors (Lipinski definition) is 2. The van der Waals surface area contributed by atoms with Gasteiger partial charge < -0.3 is 15.4 Å². The van der Waals surface area contributed by atoms with Crippen LogP contribution in [0.4, 0.5) is 8.78 Å². The summed E-state index contributed by atoms with van der Waals surface area (Å²) in [6.07, 6.45) is 2.00. The number of aliphatic imine (C=N–C) groups is 1. The van der Waals surface area contributed by atoms with E-state index >= 15 is 0 Å². The predicted octanol–water partition coefficient (Wildman–Crippen LogP) is 3.55. The van der Waals surface area contributed by atoms with Gasteiger partial charge in [0.15, 0.2) is 17.6 Å². The molecule has 7 heteroatoms. The maximum atomic E-state index is 13.4. The van der Waals surface area contributed by atoms with Crippen LogP contribution in [-0.2, 0) is 11.3 Å². The fourth-order valence-corrected chi connectivity index (χ4v) is 3.52. The zero-order valence-corrected chi connectivity index (χ0v) is 18.4. The Morgan fingerprint density at radius 1 is 1.24 bits per heavy atom. The lowest BCUT2D eigenvalue weighted by Crippen LogP contribution is -2.49. The molecule has 0 aromatic heterocycles. The standard InChI is InChI=1S/C22H36F2N4O/c1-6-25-21(26-14-20(29-5)22(2,3)4)27-17-9-11-28(12-10-17)15-16-7-8-18(23)19(24)13-16/h7-8,13,17,20H,6,9-12,14-15H2,1-5H3,(H2,25,26,27). The molecule has 1 aromatic carbocycles. The smallest absolute Gasteiger partial charge is 0.191 e. The molecule has 0 amide bonds. The van der Waals surface area contributed by atoms with Crippen molar-refractivity contribution < 1.29 is 13.5 Å². The van der Waals surface area contributed by atoms with Gasteiger partial charge in [0.2, 0.25) is 0 Å². The van der Waals surface area contributed by atoms with Crippen LogP contribution in [0.2, 0.25) is 0 Å². The van der Waals surface area contributed by atoms with Gasteiger partial charge in [-0.3, -0.25) is 9.89 Å². The van der Waals surface area contributed by atoms with Gasteiger partial charge in [0, 0.05) is 39.3 Å². The van der Waals surface area contributed by atoms with Crippen molar-refractivity contribution in [3.63, 3.8) is 0 Å². The summed E-state index contributed by atoms with van der Waals surface area (Å²) < 4.78 is 32.1. The highest BCUT2D eigenvalue weighted by atomic mass is 19.2. The van der Waals surface area contributed by atoms with Gasteiger partial charge in [-0.2, -0.15) is 0 Å². The van der Waals surface area contributed by atoms with E-state index in [0.717, 1.165) is 44.0 Å². The molecule has 5 nitrogen and oxygen atoms in total. The molecule has 0 saturated carbocycles. The molecule has 1 atom stereocenters. The molecule has 1 heterocycles. The third-order valence-electron chi connectivity index (χ3n) is 5.33. The van der Waals surface area contributed by atoms with Crippen LogP contribution >= 0.6 is 0 Å². The van der Waals surface area contributed by atoms with Crippen LogP contribution in [0.5, 0.6) is 0 Å². The van der Waals surface area contributed by atoms with Gasteiger partial charge in [-0.05, 0) is 42.9 Å². The van der Waals surface area contributed by atoms with E-state index in [4.69, 9.17) is 9.73 Å². The minimum absolute atomic E-state index is 0.0285. The summed E-state index contributed by atoms with van der Waals surface area (Å²) in [7, 11) is 1.73. The summed E-state index contributed by atoms with van der Waals surface area (Å²) in [4.78, 5) is 7.00. The van der Waals surface area contributed by atoms with E-state index in [-0.39, 0.29) is 11.5 Å². The van der Waals surface area contributed by atoms with E-state index in [2.05, 4.69) is 43.2 Å². The first-order valence-corrected chi connectivity index (χ1v) is 10.5. The van der Waals surface area contributed by atoms with Gasteiger partial charge in [-0.15, -0.1) is 0 Å². The summed E-state index contributed by atoms with van der Waals surface area (Å²) in [6, 6.07) is 4.48. The van der Waals surface area contributed by atoms with Crippen molar-refractivity contribution in [1.29, 1.82) is 0 Å². The third-order valence-corrected chi connectivity index (χ3v) is 5.33. The van der Waals surface area contributed by atoms with Gasteiger partial charge in [-0.25, -0.2) is 8.78 Å². The molecular weight excluding hydrogens is 374 g/mol. The summed E-state index contributed by atoms with van der Waals surface area (Å²) in [6.45, 7) is 12.4. The molecule has 0 bridgehead atoms. The molecule has 164 valence electrons. The first-order chi connectivity index (χ1) is 13.7. The minimum atomic E-state index is -0.797. The summed E-state index contributed by atoms with van der Waals surface area (Å²) in [5.74, 6) is -0.762. The number of hydrogen-bond acceptors (Lipinski definition) is 3. The molecule has 1 saturated heterocycles. The zero-order chi connectivity index (χ0) is 21.4. The summed E-state index contributed by atoms with van der Waals surface area (Å²) in [5.41, 5.74) is 0.832. The molecular formula is C22H36F2N4O. The van der Waals surface area contributed by atoms with Crippen LogP contribution in [0.25, 0.3) is 0 Å². The number of methoxy groups -OCH3 is 1. The molecule has 1 aromatic rings. The molecule has 1 aliphatic rings. The van der Waals surface area contributed by atoms with Crippen molar-refractivity contribution in [2.45, 2.75) is 59.2 Å². The highest BCUT2D eigenvalue weighted by Gasteiger charge is 2.25. The second kappa shape index (κ2) is 10.9. The van der Waals surface area contributed by atoms with Crippen molar-refractivity contribution in [1.82, 2.24) is 15.5 Å². The SMILES string of the molecule is CCNC(=NCC(OC)C(C)(C)C)NC1CCN(Cc2ccc(F)c(F)c2)CC1. The number of nitrogens with zero attached hydrogens (tertiary/aromatic N) is 2. The number of halogens is 2. The minimum Gasteiger partial charge on any atom is -0.379 e. The Balaban J connectivity index is 1.86. The van der Waals surface area contributed by atoms with Crippen LogP contribution in [0.15, 0.2) is 23.2 Å². The van der Waals surface area contributed by atoms with E-state index in [1.54, 1.807) is 13.2 Å². The Morgan fingerprint density at radius 2 is 1.93 bits per heavy atom. The van der Waals surface area contributed by atoms with Crippen molar-refractivity contribution in [2.24, 2.45) is 10.4 Å². The number of ether oxygens (including phenoxy) is 1. The Kier molecular flexibility index (Phi) is 8.83. The largest absolute Gasteiger partial charge is 0.379 e. The quantitative estimate of drug-likeness (QED) is 0.533. The van der Waals surface area contributed by atoms with E-state index < -0.39 is 11.6 Å². The van der Waals surface area contributed by atoms with Crippen LogP contribution in [0, 0.1) is 17.0 Å². The van der Waals surface area contributed by atoms with E-state index in [1.165, 1.54) is 12.1 Å². The molecule has 0 aliphatic carbocycles. The Bertz CT molecular complexity index is 667. The van der Waals surface area contributed by atoms with Gasteiger partial charge in [-0.1, -0.05) is 26.8 Å². The van der Waals surface area contributed by atoms with Crippen molar-refractivity contribution in [3.8, 4) is 0 Å². The number of guanidine groups is 1. The van der Waals surface area contributed by atoms with Crippen molar-refractivity contribution >= 4 is 5.96 Å². The fraction of sp³-hybridized carbons (Fsp3) is 0.682. The normalized spacial score (nSPS) is 18.0. The number of nitrogens with one attached hydrogen (secondary N) is 2. The average Bonchev–Trinajstić information content (AvgIpc) is 2.66. The topological polar surface area (TPSA) is 48.9 Å². The molecule has 1 fully saturated rings. The van der Waals surface area contributed by atoms with E-state index in [0.29, 0.717) is 19.1 Å². The lowest BCUT2D eigenvalue weighted by Gasteiger charge is -2.33. The molecule has 1 aliphatic heterocycles. The average molecular weight is 411 g/mol. The van der Waals surface area contributed by atoms with Gasteiger partial charge in [0.25, 0.3) is 0 Å². The number of benzene rings is 1. The van der Waals surface area contributed by atoms with Crippen LogP contribution in [-0.4, -0.2) is 56.3 Å². The molecule has 1 unspecified atom stereocenters. The maximum Gasteiger partial charge on any atom is 0.191 e.